The van der Waals surface area contributed by atoms with Crippen molar-refractivity contribution >= 4 is 22.0 Å². The SMILES string of the molecule is Cc1cccc([C@@H](c2sc3nc(C)nn3c2O)N2CCN(c3ccc(F)cc3)CC2)c1. The summed E-state index contributed by atoms with van der Waals surface area (Å²) in [6, 6.07) is 15.0. The van der Waals surface area contributed by atoms with E-state index in [2.05, 4.69) is 51.1 Å². The third-order valence-electron chi connectivity index (χ3n) is 5.78. The van der Waals surface area contributed by atoms with Gasteiger partial charge >= 0.3 is 0 Å². The highest BCUT2D eigenvalue weighted by molar-refractivity contribution is 7.17. The average Bonchev–Trinajstić information content (AvgIpc) is 3.27. The van der Waals surface area contributed by atoms with Crippen molar-refractivity contribution in [3.05, 3.63) is 76.2 Å². The molecule has 31 heavy (non-hydrogen) atoms. The summed E-state index contributed by atoms with van der Waals surface area (Å²) in [7, 11) is 0. The molecule has 1 aliphatic heterocycles. The van der Waals surface area contributed by atoms with Crippen LogP contribution in [-0.2, 0) is 0 Å². The summed E-state index contributed by atoms with van der Waals surface area (Å²) < 4.78 is 14.8. The van der Waals surface area contributed by atoms with E-state index in [1.807, 2.05) is 19.1 Å². The van der Waals surface area contributed by atoms with Crippen LogP contribution >= 0.6 is 11.3 Å². The highest BCUT2D eigenvalue weighted by atomic mass is 32.1. The Hall–Kier alpha value is -2.97. The lowest BCUT2D eigenvalue weighted by Crippen LogP contribution is -2.47. The predicted octanol–water partition coefficient (Wildman–Crippen LogP) is 4.16. The number of hydrogen-bond donors (Lipinski definition) is 1. The van der Waals surface area contributed by atoms with Crippen LogP contribution in [0.25, 0.3) is 4.96 Å². The Morgan fingerprint density at radius 1 is 1.03 bits per heavy atom. The number of anilines is 1. The molecule has 5 rings (SSSR count). The summed E-state index contributed by atoms with van der Waals surface area (Å²) in [6.07, 6.45) is 0. The highest BCUT2D eigenvalue weighted by Crippen LogP contribution is 2.40. The van der Waals surface area contributed by atoms with Gasteiger partial charge in [0.05, 0.1) is 10.9 Å². The van der Waals surface area contributed by atoms with Gasteiger partial charge in [0.15, 0.2) is 0 Å². The second-order valence-corrected chi connectivity index (χ2v) is 8.97. The zero-order valence-corrected chi connectivity index (χ0v) is 18.3. The van der Waals surface area contributed by atoms with Crippen LogP contribution in [-0.4, -0.2) is 50.8 Å². The molecular weight excluding hydrogens is 413 g/mol. The smallest absolute Gasteiger partial charge is 0.230 e. The van der Waals surface area contributed by atoms with E-state index >= 15 is 0 Å². The molecule has 0 radical (unpaired) electrons. The molecule has 1 aliphatic rings. The molecule has 0 bridgehead atoms. The Bertz CT molecular complexity index is 1210. The van der Waals surface area contributed by atoms with Crippen molar-refractivity contribution in [3.63, 3.8) is 0 Å². The third kappa shape index (κ3) is 3.77. The molecule has 1 fully saturated rings. The van der Waals surface area contributed by atoms with E-state index in [0.717, 1.165) is 42.3 Å². The van der Waals surface area contributed by atoms with Crippen LogP contribution in [0.15, 0.2) is 48.5 Å². The van der Waals surface area contributed by atoms with E-state index in [4.69, 9.17) is 0 Å². The number of thiazole rings is 1. The normalized spacial score (nSPS) is 16.2. The molecule has 0 aliphatic carbocycles. The van der Waals surface area contributed by atoms with Gasteiger partial charge in [0, 0.05) is 31.9 Å². The number of piperazine rings is 1. The van der Waals surface area contributed by atoms with Gasteiger partial charge in [0.2, 0.25) is 10.8 Å². The third-order valence-corrected chi connectivity index (χ3v) is 6.86. The number of aromatic nitrogens is 3. The van der Waals surface area contributed by atoms with E-state index in [0.29, 0.717) is 10.8 Å². The molecule has 4 aromatic rings. The maximum absolute atomic E-state index is 13.3. The Labute approximate surface area is 184 Å². The highest BCUT2D eigenvalue weighted by Gasteiger charge is 2.31. The molecule has 1 atom stereocenters. The summed E-state index contributed by atoms with van der Waals surface area (Å²) in [4.78, 5) is 10.7. The number of nitrogens with zero attached hydrogens (tertiary/aromatic N) is 5. The standard InChI is InChI=1S/C23H24FN5OS/c1-15-4-3-5-17(14-15)20(21-22(30)29-23(31-21)25-16(2)26-29)28-12-10-27(11-13-28)19-8-6-18(24)7-9-19/h3-9,14,20,30H,10-13H2,1-2H3/t20-/m0/s1. The van der Waals surface area contributed by atoms with Crippen LogP contribution in [0.5, 0.6) is 5.88 Å². The summed E-state index contributed by atoms with van der Waals surface area (Å²) in [5, 5.41) is 15.3. The van der Waals surface area contributed by atoms with Gasteiger partial charge < -0.3 is 10.0 Å². The van der Waals surface area contributed by atoms with Crippen LogP contribution in [0, 0.1) is 19.7 Å². The molecular formula is C23H24FN5OS. The fourth-order valence-corrected chi connectivity index (χ4v) is 5.45. The van der Waals surface area contributed by atoms with Crippen molar-refractivity contribution < 1.29 is 9.50 Å². The number of hydrogen-bond acceptors (Lipinski definition) is 6. The molecule has 0 unspecified atom stereocenters. The van der Waals surface area contributed by atoms with Crippen LogP contribution in [0.3, 0.4) is 0 Å². The molecule has 0 spiro atoms. The molecule has 3 heterocycles. The van der Waals surface area contributed by atoms with Crippen molar-refractivity contribution in [1.82, 2.24) is 19.5 Å². The number of aromatic hydroxyl groups is 1. The summed E-state index contributed by atoms with van der Waals surface area (Å²) in [6.45, 7) is 7.21. The summed E-state index contributed by atoms with van der Waals surface area (Å²) in [5.74, 6) is 0.588. The Kier molecular flexibility index (Phi) is 5.11. The van der Waals surface area contributed by atoms with Crippen molar-refractivity contribution in [3.8, 4) is 5.88 Å². The first kappa shape index (κ1) is 20.0. The first-order chi connectivity index (χ1) is 15.0. The van der Waals surface area contributed by atoms with Gasteiger partial charge in [-0.3, -0.25) is 4.90 Å². The topological polar surface area (TPSA) is 56.9 Å². The van der Waals surface area contributed by atoms with E-state index in [1.54, 1.807) is 0 Å². The van der Waals surface area contributed by atoms with Crippen LogP contribution < -0.4 is 4.90 Å². The molecule has 0 saturated carbocycles. The van der Waals surface area contributed by atoms with E-state index in [9.17, 15) is 9.50 Å². The van der Waals surface area contributed by atoms with Crippen molar-refractivity contribution in [1.29, 1.82) is 0 Å². The van der Waals surface area contributed by atoms with Gasteiger partial charge in [0.25, 0.3) is 0 Å². The minimum Gasteiger partial charge on any atom is -0.492 e. The minimum atomic E-state index is -0.219. The molecule has 1 N–H and O–H groups in total. The van der Waals surface area contributed by atoms with Gasteiger partial charge in [-0.25, -0.2) is 9.37 Å². The Morgan fingerprint density at radius 3 is 2.45 bits per heavy atom. The fraction of sp³-hybridized carbons (Fsp3) is 0.304. The van der Waals surface area contributed by atoms with Gasteiger partial charge in [-0.2, -0.15) is 4.52 Å². The number of aryl methyl sites for hydroxylation is 2. The number of benzene rings is 2. The van der Waals surface area contributed by atoms with E-state index in [-0.39, 0.29) is 17.7 Å². The van der Waals surface area contributed by atoms with Crippen LogP contribution in [0.1, 0.15) is 27.9 Å². The zero-order chi connectivity index (χ0) is 21.5. The van der Waals surface area contributed by atoms with E-state index in [1.165, 1.54) is 33.5 Å². The van der Waals surface area contributed by atoms with Gasteiger partial charge in [0.1, 0.15) is 11.6 Å². The molecule has 160 valence electrons. The van der Waals surface area contributed by atoms with Crippen molar-refractivity contribution in [2.24, 2.45) is 0 Å². The monoisotopic (exact) mass is 437 g/mol. The lowest BCUT2D eigenvalue weighted by Gasteiger charge is -2.40. The number of halogens is 1. The summed E-state index contributed by atoms with van der Waals surface area (Å²) >= 11 is 1.49. The molecule has 6 nitrogen and oxygen atoms in total. The quantitative estimate of drug-likeness (QED) is 0.520. The first-order valence-electron chi connectivity index (χ1n) is 10.4. The van der Waals surface area contributed by atoms with Crippen molar-refractivity contribution in [2.45, 2.75) is 19.9 Å². The zero-order valence-electron chi connectivity index (χ0n) is 17.5. The van der Waals surface area contributed by atoms with Gasteiger partial charge in [-0.1, -0.05) is 41.2 Å². The number of fused-ring (bicyclic) bond motifs is 1. The maximum atomic E-state index is 13.3. The molecule has 2 aromatic heterocycles. The first-order valence-corrected chi connectivity index (χ1v) is 11.2. The largest absolute Gasteiger partial charge is 0.492 e. The molecule has 1 saturated heterocycles. The summed E-state index contributed by atoms with van der Waals surface area (Å²) in [5.41, 5.74) is 3.36. The second kappa shape index (κ2) is 7.94. The molecule has 2 aromatic carbocycles. The lowest BCUT2D eigenvalue weighted by molar-refractivity contribution is 0.211. The average molecular weight is 438 g/mol. The Balaban J connectivity index is 1.47. The van der Waals surface area contributed by atoms with Crippen LogP contribution in [0.4, 0.5) is 10.1 Å². The fourth-order valence-electron chi connectivity index (χ4n) is 4.28. The second-order valence-electron chi connectivity index (χ2n) is 7.96. The molecule has 0 amide bonds. The Morgan fingerprint density at radius 2 is 1.77 bits per heavy atom. The number of rotatable bonds is 4. The maximum Gasteiger partial charge on any atom is 0.230 e. The van der Waals surface area contributed by atoms with Crippen molar-refractivity contribution in [2.75, 3.05) is 31.1 Å². The lowest BCUT2D eigenvalue weighted by atomic mass is 10.0. The predicted molar refractivity (Wildman–Crippen MR) is 120 cm³/mol. The van der Waals surface area contributed by atoms with Gasteiger partial charge in [-0.15, -0.1) is 5.10 Å². The van der Waals surface area contributed by atoms with Crippen LogP contribution in [0.2, 0.25) is 0 Å². The van der Waals surface area contributed by atoms with Gasteiger partial charge in [-0.05, 0) is 43.7 Å². The van der Waals surface area contributed by atoms with E-state index < -0.39 is 0 Å². The minimum absolute atomic E-state index is 0.0796. The molecule has 8 heteroatoms.